The highest BCUT2D eigenvalue weighted by Crippen LogP contribution is 2.38. The topological polar surface area (TPSA) is 114 Å². The number of likely N-dealkylation sites (N-methyl/N-ethyl adjacent to an activating group) is 1. The number of quaternary nitrogens is 1. The Morgan fingerprint density at radius 3 is 1.09 bits per heavy atom. The van der Waals surface area contributed by atoms with E-state index in [-0.39, 0.29) is 24.9 Å². The van der Waals surface area contributed by atoms with Crippen molar-refractivity contribution in [2.45, 2.75) is 360 Å². The Balaban J connectivity index is 5.03. The molecule has 0 aliphatic heterocycles. The minimum absolute atomic E-state index is 0.0262. The van der Waals surface area contributed by atoms with Crippen molar-refractivity contribution in [1.82, 2.24) is 5.32 Å². The van der Waals surface area contributed by atoms with Crippen LogP contribution < -0.4 is 10.2 Å². The van der Waals surface area contributed by atoms with Crippen LogP contribution in [-0.2, 0) is 27.9 Å². The summed E-state index contributed by atoms with van der Waals surface area (Å²) in [4.78, 5) is 40.3. The van der Waals surface area contributed by atoms with E-state index in [9.17, 15) is 19.0 Å². The molecule has 0 spiro atoms. The van der Waals surface area contributed by atoms with Gasteiger partial charge in [-0.15, -0.1) is 0 Å². The van der Waals surface area contributed by atoms with Crippen molar-refractivity contribution < 1.29 is 37.3 Å². The molecule has 512 valence electrons. The van der Waals surface area contributed by atoms with Crippen molar-refractivity contribution in [3.63, 3.8) is 0 Å². The number of amides is 1. The zero-order valence-corrected chi connectivity index (χ0v) is 59.6. The monoisotopic (exact) mass is 1250 g/mol. The van der Waals surface area contributed by atoms with E-state index in [4.69, 9.17) is 13.8 Å². The Labute approximate surface area is 546 Å². The van der Waals surface area contributed by atoms with Gasteiger partial charge in [0.2, 0.25) is 5.91 Å². The first-order valence-corrected chi connectivity index (χ1v) is 38.9. The van der Waals surface area contributed by atoms with Crippen LogP contribution in [-0.4, -0.2) is 69.4 Å². The molecule has 3 unspecified atom stereocenters. The Bertz CT molecular complexity index is 1780. The number of phosphoric ester groups is 1. The Morgan fingerprint density at radius 2 is 0.727 bits per heavy atom. The number of unbranched alkanes of at least 4 members (excludes halogenated alkanes) is 40. The van der Waals surface area contributed by atoms with Crippen molar-refractivity contribution >= 4 is 19.7 Å². The highest BCUT2D eigenvalue weighted by molar-refractivity contribution is 7.45. The molecule has 1 amide bonds. The lowest BCUT2D eigenvalue weighted by Crippen LogP contribution is -2.47. The van der Waals surface area contributed by atoms with Crippen LogP contribution in [0.25, 0.3) is 0 Å². The van der Waals surface area contributed by atoms with Gasteiger partial charge in [-0.1, -0.05) is 337 Å². The van der Waals surface area contributed by atoms with Crippen molar-refractivity contribution in [1.29, 1.82) is 0 Å². The third-order valence-electron chi connectivity index (χ3n) is 16.6. The average molecular weight is 1250 g/mol. The van der Waals surface area contributed by atoms with E-state index in [1.807, 2.05) is 33.3 Å². The number of nitrogens with one attached hydrogen (secondary N) is 1. The van der Waals surface area contributed by atoms with Gasteiger partial charge in [0.05, 0.1) is 33.8 Å². The second-order valence-electron chi connectivity index (χ2n) is 26.4. The highest BCUT2D eigenvalue weighted by atomic mass is 31.2. The van der Waals surface area contributed by atoms with Crippen LogP contribution in [0.3, 0.4) is 0 Å². The molecular weight excluding hydrogens is 1110 g/mol. The third-order valence-corrected chi connectivity index (χ3v) is 17.6. The molecule has 1 N–H and O–H groups in total. The number of rotatable bonds is 68. The van der Waals surface area contributed by atoms with E-state index < -0.39 is 26.6 Å². The van der Waals surface area contributed by atoms with Crippen LogP contribution >= 0.6 is 7.82 Å². The number of allylic oxidation sites excluding steroid dienone is 13. The second kappa shape index (κ2) is 67.1. The fourth-order valence-corrected chi connectivity index (χ4v) is 11.6. The van der Waals surface area contributed by atoms with E-state index in [1.165, 1.54) is 193 Å². The van der Waals surface area contributed by atoms with Crippen molar-refractivity contribution in [3.05, 3.63) is 85.1 Å². The molecule has 0 saturated heterocycles. The number of hydrogen-bond donors (Lipinski definition) is 1. The maximum atomic E-state index is 13.6. The normalized spacial score (nSPS) is 13.9. The Morgan fingerprint density at radius 1 is 0.409 bits per heavy atom. The molecular formula is C78H143N2O7P. The smallest absolute Gasteiger partial charge is 0.306 e. The standard InChI is InChI=1S/C78H143N2O7P/c1-7-10-13-16-19-22-25-28-30-32-34-36-38-40-42-44-46-48-50-52-55-58-61-64-67-70-77(81)79-75(74-86-88(83,84)85-73-72-80(4,5)6)76(69-66-63-60-57-54-27-24-21-18-15-12-9-3)87-78(82)71-68-65-62-59-56-53-51-49-47-45-43-41-39-37-35-33-31-29-26-23-20-17-14-11-8-2/h11,14,20,23,29,31,35,37,41,43,47,49,66,69,75-76H,7-10,12-13,15-19,21-22,24-28,30,32-34,36,38-40,42,44-46,48,50-65,67-68,70-74H2,1-6H3,(H-,79,81,83,84)/b14-11-,23-20-,31-29-,37-35-,43-41-,49-47-,69-66+. The van der Waals surface area contributed by atoms with E-state index in [0.717, 1.165) is 116 Å². The van der Waals surface area contributed by atoms with Gasteiger partial charge < -0.3 is 28.5 Å². The number of carbonyl (C=O) groups excluding carboxylic acids is 2. The predicted octanol–water partition coefficient (Wildman–Crippen LogP) is 23.4. The fraction of sp³-hybridized carbons (Fsp3) is 0.795. The highest BCUT2D eigenvalue weighted by Gasteiger charge is 2.27. The zero-order valence-electron chi connectivity index (χ0n) is 58.7. The first-order valence-electron chi connectivity index (χ1n) is 37.4. The summed E-state index contributed by atoms with van der Waals surface area (Å²) < 4.78 is 30.5. The number of nitrogens with zero attached hydrogens (tertiary/aromatic N) is 1. The molecule has 0 fully saturated rings. The summed E-state index contributed by atoms with van der Waals surface area (Å²) >= 11 is 0. The largest absolute Gasteiger partial charge is 0.756 e. The summed E-state index contributed by atoms with van der Waals surface area (Å²) in [6, 6.07) is -0.898. The molecule has 0 radical (unpaired) electrons. The van der Waals surface area contributed by atoms with Crippen LogP contribution in [0.5, 0.6) is 0 Å². The van der Waals surface area contributed by atoms with Gasteiger partial charge in [0.15, 0.2) is 0 Å². The Kier molecular flexibility index (Phi) is 64.9. The number of hydrogen-bond acceptors (Lipinski definition) is 7. The quantitative estimate of drug-likeness (QED) is 0.0212. The minimum Gasteiger partial charge on any atom is -0.756 e. The number of phosphoric acid groups is 1. The van der Waals surface area contributed by atoms with Crippen LogP contribution in [0.2, 0.25) is 0 Å². The van der Waals surface area contributed by atoms with Crippen molar-refractivity contribution in [2.24, 2.45) is 0 Å². The summed E-state index contributed by atoms with van der Waals surface area (Å²) in [6.45, 7) is 6.76. The molecule has 88 heavy (non-hydrogen) atoms. The lowest BCUT2D eigenvalue weighted by molar-refractivity contribution is -0.870. The minimum atomic E-state index is -4.71. The third kappa shape index (κ3) is 67.6. The van der Waals surface area contributed by atoms with Crippen LogP contribution in [0.15, 0.2) is 85.1 Å². The van der Waals surface area contributed by atoms with Gasteiger partial charge in [-0.3, -0.25) is 14.2 Å². The molecule has 3 atom stereocenters. The van der Waals surface area contributed by atoms with Crippen molar-refractivity contribution in [2.75, 3.05) is 40.9 Å². The van der Waals surface area contributed by atoms with Crippen LogP contribution in [0.4, 0.5) is 0 Å². The van der Waals surface area contributed by atoms with Gasteiger partial charge in [0, 0.05) is 12.8 Å². The average Bonchev–Trinajstić information content (AvgIpc) is 3.52. The maximum Gasteiger partial charge on any atom is 0.306 e. The molecule has 0 aliphatic rings. The molecule has 0 bridgehead atoms. The molecule has 10 heteroatoms. The van der Waals surface area contributed by atoms with E-state index in [0.29, 0.717) is 23.9 Å². The summed E-state index contributed by atoms with van der Waals surface area (Å²) in [7, 11) is 1.18. The number of carbonyl (C=O) groups is 2. The lowest BCUT2D eigenvalue weighted by Gasteiger charge is -2.30. The molecule has 0 rings (SSSR count). The molecule has 0 aromatic rings. The summed E-state index contributed by atoms with van der Waals surface area (Å²) in [5.74, 6) is -0.547. The molecule has 0 aliphatic carbocycles. The zero-order chi connectivity index (χ0) is 64.2. The van der Waals surface area contributed by atoms with Crippen LogP contribution in [0.1, 0.15) is 348 Å². The molecule has 0 saturated carbocycles. The molecule has 0 aromatic carbocycles. The number of esters is 1. The van der Waals surface area contributed by atoms with E-state index >= 15 is 0 Å². The molecule has 9 nitrogen and oxygen atoms in total. The number of ether oxygens (including phenoxy) is 1. The van der Waals surface area contributed by atoms with Gasteiger partial charge >= 0.3 is 5.97 Å². The van der Waals surface area contributed by atoms with E-state index in [2.05, 4.69) is 99.0 Å². The van der Waals surface area contributed by atoms with Crippen molar-refractivity contribution in [3.8, 4) is 0 Å². The van der Waals surface area contributed by atoms with Gasteiger partial charge in [-0.05, 0) is 83.1 Å². The first kappa shape index (κ1) is 85.2. The summed E-state index contributed by atoms with van der Waals surface area (Å²) in [6.07, 6.45) is 90.0. The van der Waals surface area contributed by atoms with Crippen LogP contribution in [0, 0.1) is 0 Å². The first-order chi connectivity index (χ1) is 42.9. The van der Waals surface area contributed by atoms with E-state index in [1.54, 1.807) is 0 Å². The summed E-state index contributed by atoms with van der Waals surface area (Å²) in [5, 5.41) is 3.05. The van der Waals surface area contributed by atoms with Gasteiger partial charge in [-0.2, -0.15) is 0 Å². The SMILES string of the molecule is CC/C=C\C/C=C\C/C=C\C/C=C\C/C=C\C/C=C\CCCCCCCCC(=O)OC(/C=C/CCCCCCCCCCCC)C(COP(=O)([O-])OCC[N+](C)(C)C)NC(=O)CCCCCCCCCCCCCCCCCCCCCCCCCCC. The second-order valence-corrected chi connectivity index (χ2v) is 27.8. The predicted molar refractivity (Wildman–Crippen MR) is 381 cm³/mol. The van der Waals surface area contributed by atoms with Gasteiger partial charge in [0.25, 0.3) is 7.82 Å². The van der Waals surface area contributed by atoms with Gasteiger partial charge in [0.1, 0.15) is 19.3 Å². The lowest BCUT2D eigenvalue weighted by atomic mass is 10.0. The maximum absolute atomic E-state index is 13.6. The van der Waals surface area contributed by atoms with Gasteiger partial charge in [-0.25, -0.2) is 0 Å². The summed E-state index contributed by atoms with van der Waals surface area (Å²) in [5.41, 5.74) is 0. The molecule has 0 aromatic heterocycles. The fourth-order valence-electron chi connectivity index (χ4n) is 10.9. The Hall–Kier alpha value is -2.81. The molecule has 0 heterocycles.